The minimum Gasteiger partial charge on any atom is -0.338 e. The minimum absolute atomic E-state index is 0.0806. The Balaban J connectivity index is 2.04. The standard InChI is InChI=1S/C13H16N2O3/c1-10-3-2-8-14(13(10)16)9-11-4-6-12(7-5-11)15(17)18/h4-7,10H,2-3,8-9H2,1H3. The molecule has 1 amide bonds. The molecular weight excluding hydrogens is 232 g/mol. The second kappa shape index (κ2) is 5.16. The first kappa shape index (κ1) is 12.5. The topological polar surface area (TPSA) is 63.4 Å². The lowest BCUT2D eigenvalue weighted by atomic mass is 9.98. The van der Waals surface area contributed by atoms with E-state index < -0.39 is 4.92 Å². The van der Waals surface area contributed by atoms with E-state index in [1.807, 2.05) is 11.8 Å². The lowest BCUT2D eigenvalue weighted by Crippen LogP contribution is -2.39. The molecule has 0 bridgehead atoms. The Morgan fingerprint density at radius 1 is 1.39 bits per heavy atom. The average Bonchev–Trinajstić information content (AvgIpc) is 2.36. The second-order valence-electron chi connectivity index (χ2n) is 4.73. The first-order chi connectivity index (χ1) is 8.58. The van der Waals surface area contributed by atoms with Gasteiger partial charge in [-0.15, -0.1) is 0 Å². The molecule has 0 radical (unpaired) electrons. The first-order valence-corrected chi connectivity index (χ1v) is 6.10. The number of non-ortho nitro benzene ring substituents is 1. The highest BCUT2D eigenvalue weighted by molar-refractivity contribution is 5.79. The molecule has 5 heteroatoms. The SMILES string of the molecule is CC1CCCN(Cc2ccc([N+](=O)[O-])cc2)C1=O. The van der Waals surface area contributed by atoms with Gasteiger partial charge in [-0.1, -0.05) is 19.1 Å². The molecule has 1 atom stereocenters. The number of hydrogen-bond acceptors (Lipinski definition) is 3. The van der Waals surface area contributed by atoms with Crippen molar-refractivity contribution in [3.63, 3.8) is 0 Å². The van der Waals surface area contributed by atoms with Crippen LogP contribution in [-0.4, -0.2) is 22.3 Å². The zero-order chi connectivity index (χ0) is 13.1. The Hall–Kier alpha value is -1.91. The van der Waals surface area contributed by atoms with E-state index in [4.69, 9.17) is 0 Å². The summed E-state index contributed by atoms with van der Waals surface area (Å²) in [5.41, 5.74) is 1.01. The number of benzene rings is 1. The molecule has 96 valence electrons. The number of piperidine rings is 1. The fourth-order valence-corrected chi connectivity index (χ4v) is 2.23. The van der Waals surface area contributed by atoms with Gasteiger partial charge in [-0.3, -0.25) is 14.9 Å². The molecule has 1 saturated heterocycles. The van der Waals surface area contributed by atoms with E-state index in [9.17, 15) is 14.9 Å². The van der Waals surface area contributed by atoms with Crippen LogP contribution >= 0.6 is 0 Å². The quantitative estimate of drug-likeness (QED) is 0.609. The molecule has 1 unspecified atom stereocenters. The fraction of sp³-hybridized carbons (Fsp3) is 0.462. The molecule has 0 spiro atoms. The number of nitrogens with zero attached hydrogens (tertiary/aromatic N) is 2. The van der Waals surface area contributed by atoms with Crippen molar-refractivity contribution in [3.8, 4) is 0 Å². The summed E-state index contributed by atoms with van der Waals surface area (Å²) in [6.07, 6.45) is 1.98. The molecule has 5 nitrogen and oxygen atoms in total. The number of nitro groups is 1. The highest BCUT2D eigenvalue weighted by Gasteiger charge is 2.24. The Morgan fingerprint density at radius 2 is 2.06 bits per heavy atom. The molecule has 1 aromatic carbocycles. The molecule has 0 aliphatic carbocycles. The summed E-state index contributed by atoms with van der Waals surface area (Å²) >= 11 is 0. The van der Waals surface area contributed by atoms with Gasteiger partial charge < -0.3 is 4.90 Å². The highest BCUT2D eigenvalue weighted by atomic mass is 16.6. The van der Waals surface area contributed by atoms with Crippen molar-refractivity contribution < 1.29 is 9.72 Å². The van der Waals surface area contributed by atoms with Crippen LogP contribution in [0.15, 0.2) is 24.3 Å². The second-order valence-corrected chi connectivity index (χ2v) is 4.73. The molecule has 1 heterocycles. The van der Waals surface area contributed by atoms with Gasteiger partial charge in [0.1, 0.15) is 0 Å². The molecular formula is C13H16N2O3. The van der Waals surface area contributed by atoms with Crippen molar-refractivity contribution in [2.45, 2.75) is 26.3 Å². The van der Waals surface area contributed by atoms with E-state index in [0.717, 1.165) is 24.9 Å². The number of carbonyl (C=O) groups excluding carboxylic acids is 1. The van der Waals surface area contributed by atoms with Crippen molar-refractivity contribution in [2.75, 3.05) is 6.54 Å². The molecule has 1 fully saturated rings. The van der Waals surface area contributed by atoms with Gasteiger partial charge >= 0.3 is 0 Å². The summed E-state index contributed by atoms with van der Waals surface area (Å²) in [6.45, 7) is 3.27. The molecule has 1 aromatic rings. The summed E-state index contributed by atoms with van der Waals surface area (Å²) in [4.78, 5) is 23.9. The van der Waals surface area contributed by atoms with Gasteiger partial charge in [0.15, 0.2) is 0 Å². The van der Waals surface area contributed by atoms with E-state index in [1.165, 1.54) is 12.1 Å². The zero-order valence-corrected chi connectivity index (χ0v) is 10.3. The minimum atomic E-state index is -0.419. The Morgan fingerprint density at radius 3 is 2.67 bits per heavy atom. The molecule has 1 aliphatic rings. The fourth-order valence-electron chi connectivity index (χ4n) is 2.23. The molecule has 18 heavy (non-hydrogen) atoms. The number of carbonyl (C=O) groups is 1. The Kier molecular flexibility index (Phi) is 3.60. The van der Waals surface area contributed by atoms with Crippen LogP contribution in [0, 0.1) is 16.0 Å². The summed E-state index contributed by atoms with van der Waals surface area (Å²) in [5.74, 6) is 0.274. The van der Waals surface area contributed by atoms with E-state index in [0.29, 0.717) is 6.54 Å². The van der Waals surface area contributed by atoms with Crippen LogP contribution in [0.25, 0.3) is 0 Å². The number of amides is 1. The van der Waals surface area contributed by atoms with Crippen molar-refractivity contribution >= 4 is 11.6 Å². The summed E-state index contributed by atoms with van der Waals surface area (Å²) in [5, 5.41) is 10.5. The lowest BCUT2D eigenvalue weighted by Gasteiger charge is -2.30. The Bertz CT molecular complexity index is 456. The van der Waals surface area contributed by atoms with Crippen molar-refractivity contribution in [2.24, 2.45) is 5.92 Å². The maximum atomic E-state index is 11.9. The Labute approximate surface area is 106 Å². The summed E-state index contributed by atoms with van der Waals surface area (Å²) in [7, 11) is 0. The molecule has 2 rings (SSSR count). The van der Waals surface area contributed by atoms with E-state index in [1.54, 1.807) is 12.1 Å². The molecule has 0 saturated carbocycles. The monoisotopic (exact) mass is 248 g/mol. The maximum Gasteiger partial charge on any atom is 0.269 e. The van der Waals surface area contributed by atoms with Gasteiger partial charge in [-0.25, -0.2) is 0 Å². The van der Waals surface area contributed by atoms with Gasteiger partial charge in [0.25, 0.3) is 5.69 Å². The highest BCUT2D eigenvalue weighted by Crippen LogP contribution is 2.20. The molecule has 1 aliphatic heterocycles. The summed E-state index contributed by atoms with van der Waals surface area (Å²) in [6, 6.07) is 6.38. The maximum absolute atomic E-state index is 11.9. The number of nitro benzene ring substituents is 1. The van der Waals surface area contributed by atoms with Crippen LogP contribution in [0.5, 0.6) is 0 Å². The van der Waals surface area contributed by atoms with Gasteiger partial charge in [0, 0.05) is 31.1 Å². The van der Waals surface area contributed by atoms with Crippen LogP contribution in [0.3, 0.4) is 0 Å². The molecule has 0 aromatic heterocycles. The molecule has 0 N–H and O–H groups in total. The van der Waals surface area contributed by atoms with E-state index in [-0.39, 0.29) is 17.5 Å². The van der Waals surface area contributed by atoms with Crippen LogP contribution in [-0.2, 0) is 11.3 Å². The average molecular weight is 248 g/mol. The number of rotatable bonds is 3. The third-order valence-corrected chi connectivity index (χ3v) is 3.32. The predicted molar refractivity (Wildman–Crippen MR) is 66.9 cm³/mol. The number of likely N-dealkylation sites (tertiary alicyclic amines) is 1. The van der Waals surface area contributed by atoms with Gasteiger partial charge in [0.05, 0.1) is 4.92 Å². The largest absolute Gasteiger partial charge is 0.338 e. The van der Waals surface area contributed by atoms with E-state index in [2.05, 4.69) is 0 Å². The van der Waals surface area contributed by atoms with Gasteiger partial charge in [-0.2, -0.15) is 0 Å². The zero-order valence-electron chi connectivity index (χ0n) is 10.3. The van der Waals surface area contributed by atoms with Crippen LogP contribution in [0.1, 0.15) is 25.3 Å². The predicted octanol–water partition coefficient (Wildman–Crippen LogP) is 2.35. The third-order valence-electron chi connectivity index (χ3n) is 3.32. The van der Waals surface area contributed by atoms with Crippen LogP contribution in [0.2, 0.25) is 0 Å². The van der Waals surface area contributed by atoms with Crippen molar-refractivity contribution in [1.82, 2.24) is 4.90 Å². The van der Waals surface area contributed by atoms with E-state index >= 15 is 0 Å². The van der Waals surface area contributed by atoms with Crippen LogP contribution < -0.4 is 0 Å². The third kappa shape index (κ3) is 2.67. The smallest absolute Gasteiger partial charge is 0.269 e. The van der Waals surface area contributed by atoms with Crippen molar-refractivity contribution in [3.05, 3.63) is 39.9 Å². The number of hydrogen-bond donors (Lipinski definition) is 0. The van der Waals surface area contributed by atoms with Crippen LogP contribution in [0.4, 0.5) is 5.69 Å². The first-order valence-electron chi connectivity index (χ1n) is 6.10. The lowest BCUT2D eigenvalue weighted by molar-refractivity contribution is -0.384. The van der Waals surface area contributed by atoms with Gasteiger partial charge in [-0.05, 0) is 18.4 Å². The van der Waals surface area contributed by atoms with Gasteiger partial charge in [0.2, 0.25) is 5.91 Å². The van der Waals surface area contributed by atoms with Crippen molar-refractivity contribution in [1.29, 1.82) is 0 Å². The normalized spacial score (nSPS) is 19.9. The summed E-state index contributed by atoms with van der Waals surface area (Å²) < 4.78 is 0.